The molecule has 25 heavy (non-hydrogen) atoms. The zero-order valence-corrected chi connectivity index (χ0v) is 14.9. The number of carbonyl (C=O) groups excluding carboxylic acids is 2. The van der Waals surface area contributed by atoms with Gasteiger partial charge in [0.05, 0.1) is 5.02 Å². The number of anilines is 1. The third-order valence-electron chi connectivity index (χ3n) is 3.20. The van der Waals surface area contributed by atoms with E-state index in [9.17, 15) is 24.1 Å². The molecule has 0 aliphatic carbocycles. The molecular formula is C16H11BrClFN2O4. The topological polar surface area (TPSA) is 89.3 Å². The second-order valence-electron chi connectivity index (χ2n) is 5.01. The van der Waals surface area contributed by atoms with E-state index in [1.807, 2.05) is 0 Å². The number of ketones is 1. The molecule has 0 aromatic heterocycles. The summed E-state index contributed by atoms with van der Waals surface area (Å²) in [7, 11) is 0. The van der Waals surface area contributed by atoms with E-state index >= 15 is 0 Å². The number of rotatable bonds is 6. The van der Waals surface area contributed by atoms with E-state index in [-0.39, 0.29) is 21.8 Å². The number of halogens is 3. The first-order chi connectivity index (χ1) is 11.8. The van der Waals surface area contributed by atoms with Crippen molar-refractivity contribution in [2.24, 2.45) is 0 Å². The molecule has 1 atom stereocenters. The third-order valence-corrected chi connectivity index (χ3v) is 4.04. The fraction of sp³-hybridized carbons (Fsp3) is 0.125. The molecule has 0 saturated heterocycles. The van der Waals surface area contributed by atoms with E-state index in [2.05, 4.69) is 21.2 Å². The van der Waals surface area contributed by atoms with E-state index in [0.29, 0.717) is 0 Å². The number of nitrogens with zero attached hydrogens (tertiary/aromatic N) is 1. The van der Waals surface area contributed by atoms with Gasteiger partial charge >= 0.3 is 0 Å². The Balaban J connectivity index is 2.10. The van der Waals surface area contributed by atoms with Gasteiger partial charge in [-0.3, -0.25) is 19.7 Å². The van der Waals surface area contributed by atoms with Gasteiger partial charge in [-0.1, -0.05) is 39.7 Å². The summed E-state index contributed by atoms with van der Waals surface area (Å²) in [4.78, 5) is 33.2. The first-order valence-corrected chi connectivity index (χ1v) is 8.10. The van der Waals surface area contributed by atoms with Crippen LogP contribution in [0.3, 0.4) is 0 Å². The van der Waals surface area contributed by atoms with Crippen molar-refractivity contribution in [2.45, 2.75) is 6.17 Å². The summed E-state index contributed by atoms with van der Waals surface area (Å²) in [6, 6.07) is 9.98. The number of nitro groups is 1. The van der Waals surface area contributed by atoms with Gasteiger partial charge in [0, 0.05) is 20.6 Å². The number of hydrogen-bond acceptors (Lipinski definition) is 4. The first kappa shape index (κ1) is 19.0. The SMILES string of the molecule is O=C(C[N+](=O)[O-])c1ccc(NC(=O)C(F)c2ccc(Br)cc2)cc1Cl. The molecule has 1 unspecified atom stereocenters. The predicted molar refractivity (Wildman–Crippen MR) is 94.3 cm³/mol. The minimum atomic E-state index is -1.89. The molecule has 6 nitrogen and oxygen atoms in total. The third kappa shape index (κ3) is 5.07. The van der Waals surface area contributed by atoms with Crippen LogP contribution in [0.5, 0.6) is 0 Å². The Kier molecular flexibility index (Phi) is 6.22. The molecule has 0 spiro atoms. The molecular weight excluding hydrogens is 419 g/mol. The van der Waals surface area contributed by atoms with Crippen LogP contribution >= 0.6 is 27.5 Å². The minimum Gasteiger partial charge on any atom is -0.323 e. The van der Waals surface area contributed by atoms with Crippen molar-refractivity contribution >= 4 is 44.9 Å². The van der Waals surface area contributed by atoms with Crippen molar-refractivity contribution in [2.75, 3.05) is 11.9 Å². The van der Waals surface area contributed by atoms with Gasteiger partial charge in [0.2, 0.25) is 12.0 Å². The Morgan fingerprint density at radius 1 is 1.24 bits per heavy atom. The van der Waals surface area contributed by atoms with E-state index < -0.39 is 29.3 Å². The number of benzene rings is 2. The molecule has 1 N–H and O–H groups in total. The van der Waals surface area contributed by atoms with Crippen LogP contribution in [0.2, 0.25) is 5.02 Å². The van der Waals surface area contributed by atoms with Gasteiger partial charge in [-0.15, -0.1) is 0 Å². The first-order valence-electron chi connectivity index (χ1n) is 6.93. The predicted octanol–water partition coefficient (Wildman–Crippen LogP) is 4.21. The van der Waals surface area contributed by atoms with Crippen molar-refractivity contribution in [3.8, 4) is 0 Å². The second kappa shape index (κ2) is 8.17. The number of alkyl halides is 1. The molecule has 9 heteroatoms. The summed E-state index contributed by atoms with van der Waals surface area (Å²) >= 11 is 9.13. The highest BCUT2D eigenvalue weighted by Crippen LogP contribution is 2.25. The lowest BCUT2D eigenvalue weighted by Gasteiger charge is -2.11. The molecule has 0 bridgehead atoms. The zero-order valence-electron chi connectivity index (χ0n) is 12.5. The quantitative estimate of drug-likeness (QED) is 0.423. The maximum absolute atomic E-state index is 14.2. The monoisotopic (exact) mass is 428 g/mol. The highest BCUT2D eigenvalue weighted by Gasteiger charge is 2.21. The Hall–Kier alpha value is -2.32. The van der Waals surface area contributed by atoms with E-state index in [1.54, 1.807) is 12.1 Å². The molecule has 1 amide bonds. The fourth-order valence-electron chi connectivity index (χ4n) is 2.01. The number of nitrogens with one attached hydrogen (secondary N) is 1. The normalized spacial score (nSPS) is 11.6. The largest absolute Gasteiger partial charge is 0.323 e. The lowest BCUT2D eigenvalue weighted by Crippen LogP contribution is -2.18. The molecule has 0 fully saturated rings. The number of carbonyl (C=O) groups is 2. The molecule has 130 valence electrons. The van der Waals surface area contributed by atoms with Crippen LogP contribution in [0.4, 0.5) is 10.1 Å². The Morgan fingerprint density at radius 2 is 1.88 bits per heavy atom. The summed E-state index contributed by atoms with van der Waals surface area (Å²) in [5.41, 5.74) is 0.318. The van der Waals surface area contributed by atoms with E-state index in [1.165, 1.54) is 30.3 Å². The van der Waals surface area contributed by atoms with Crippen LogP contribution in [-0.4, -0.2) is 23.2 Å². The summed E-state index contributed by atoms with van der Waals surface area (Å²) in [5, 5.41) is 12.7. The summed E-state index contributed by atoms with van der Waals surface area (Å²) < 4.78 is 15.0. The van der Waals surface area contributed by atoms with Crippen molar-refractivity contribution in [3.05, 3.63) is 73.2 Å². The Labute approximate surface area is 155 Å². The zero-order chi connectivity index (χ0) is 18.6. The van der Waals surface area contributed by atoms with E-state index in [0.717, 1.165) is 4.47 Å². The van der Waals surface area contributed by atoms with Gasteiger partial charge in [-0.2, -0.15) is 0 Å². The summed E-state index contributed by atoms with van der Waals surface area (Å²) in [5.74, 6) is -1.66. The van der Waals surface area contributed by atoms with Crippen LogP contribution in [-0.2, 0) is 4.79 Å². The number of hydrogen-bond donors (Lipinski definition) is 1. The Morgan fingerprint density at radius 3 is 2.44 bits per heavy atom. The van der Waals surface area contributed by atoms with Gasteiger partial charge in [-0.25, -0.2) is 4.39 Å². The van der Waals surface area contributed by atoms with Gasteiger partial charge in [0.25, 0.3) is 12.5 Å². The number of Topliss-reactive ketones (excluding diaryl/α,β-unsaturated/α-hetero) is 1. The maximum atomic E-state index is 14.2. The van der Waals surface area contributed by atoms with Crippen LogP contribution in [0.25, 0.3) is 0 Å². The van der Waals surface area contributed by atoms with Crippen LogP contribution in [0.1, 0.15) is 22.1 Å². The average Bonchev–Trinajstić information content (AvgIpc) is 2.54. The van der Waals surface area contributed by atoms with Gasteiger partial charge in [0.1, 0.15) is 0 Å². The molecule has 0 radical (unpaired) electrons. The Bertz CT molecular complexity index is 829. The van der Waals surface area contributed by atoms with Crippen LogP contribution < -0.4 is 5.32 Å². The van der Waals surface area contributed by atoms with Crippen molar-refractivity contribution in [3.63, 3.8) is 0 Å². The highest BCUT2D eigenvalue weighted by molar-refractivity contribution is 9.10. The molecule has 0 heterocycles. The highest BCUT2D eigenvalue weighted by atomic mass is 79.9. The molecule has 0 aliphatic heterocycles. The maximum Gasteiger partial charge on any atom is 0.265 e. The second-order valence-corrected chi connectivity index (χ2v) is 6.33. The molecule has 2 rings (SSSR count). The minimum absolute atomic E-state index is 0.0407. The lowest BCUT2D eigenvalue weighted by atomic mass is 10.1. The molecule has 0 saturated carbocycles. The summed E-state index contributed by atoms with van der Waals surface area (Å²) in [6.07, 6.45) is -1.89. The van der Waals surface area contributed by atoms with Gasteiger partial charge in [-0.05, 0) is 35.9 Å². The smallest absolute Gasteiger partial charge is 0.265 e. The average molecular weight is 430 g/mol. The number of amides is 1. The van der Waals surface area contributed by atoms with Crippen LogP contribution in [0.15, 0.2) is 46.9 Å². The van der Waals surface area contributed by atoms with Crippen molar-refractivity contribution in [1.82, 2.24) is 0 Å². The lowest BCUT2D eigenvalue weighted by molar-refractivity contribution is -0.465. The van der Waals surface area contributed by atoms with Crippen molar-refractivity contribution < 1.29 is 18.9 Å². The molecule has 2 aromatic carbocycles. The van der Waals surface area contributed by atoms with Crippen molar-refractivity contribution in [1.29, 1.82) is 0 Å². The summed E-state index contributed by atoms with van der Waals surface area (Å²) in [6.45, 7) is -0.887. The van der Waals surface area contributed by atoms with Gasteiger partial charge < -0.3 is 5.32 Å². The molecule has 2 aromatic rings. The molecule has 0 aliphatic rings. The van der Waals surface area contributed by atoms with E-state index in [4.69, 9.17) is 11.6 Å². The van der Waals surface area contributed by atoms with Crippen LogP contribution in [0, 0.1) is 10.1 Å². The standard InChI is InChI=1S/C16H11BrClFN2O4/c17-10-3-1-9(2-4-10)15(19)16(23)20-11-5-6-12(13(18)7-11)14(22)8-21(24)25/h1-7,15H,8H2,(H,20,23). The fourth-order valence-corrected chi connectivity index (χ4v) is 2.56. The van der Waals surface area contributed by atoms with Gasteiger partial charge in [0.15, 0.2) is 0 Å².